The van der Waals surface area contributed by atoms with Crippen LogP contribution in [-0.2, 0) is 11.3 Å². The van der Waals surface area contributed by atoms with E-state index in [-0.39, 0.29) is 23.6 Å². The Hall–Kier alpha value is -3.13. The van der Waals surface area contributed by atoms with Crippen molar-refractivity contribution in [1.29, 1.82) is 0 Å². The van der Waals surface area contributed by atoms with Gasteiger partial charge in [-0.2, -0.15) is 0 Å². The van der Waals surface area contributed by atoms with E-state index >= 15 is 0 Å². The van der Waals surface area contributed by atoms with Crippen LogP contribution in [0.2, 0.25) is 0 Å². The third kappa shape index (κ3) is 4.54. The van der Waals surface area contributed by atoms with Crippen molar-refractivity contribution >= 4 is 23.3 Å². The van der Waals surface area contributed by atoms with Gasteiger partial charge in [0.1, 0.15) is 0 Å². The van der Waals surface area contributed by atoms with Crippen molar-refractivity contribution in [2.45, 2.75) is 44.3 Å². The SMILES string of the molecule is O=C(NCc1ccccc1)[C@H](c1ccccn1)N(C(=O)c1csnn1)C1CCCC1. The number of hydrogen-bond donors (Lipinski definition) is 1. The summed E-state index contributed by atoms with van der Waals surface area (Å²) < 4.78 is 3.83. The second kappa shape index (κ2) is 9.58. The zero-order valence-electron chi connectivity index (χ0n) is 16.5. The van der Waals surface area contributed by atoms with Crippen molar-refractivity contribution in [1.82, 2.24) is 24.8 Å². The van der Waals surface area contributed by atoms with E-state index in [4.69, 9.17) is 0 Å². The van der Waals surface area contributed by atoms with Crippen molar-refractivity contribution in [2.75, 3.05) is 0 Å². The van der Waals surface area contributed by atoms with Crippen LogP contribution in [0.4, 0.5) is 0 Å². The normalized spacial score (nSPS) is 14.9. The molecule has 30 heavy (non-hydrogen) atoms. The third-order valence-corrected chi connectivity index (χ3v) is 5.84. The molecule has 154 valence electrons. The maximum absolute atomic E-state index is 13.4. The number of benzene rings is 1. The predicted molar refractivity (Wildman–Crippen MR) is 114 cm³/mol. The molecule has 2 amide bonds. The Morgan fingerprint density at radius 2 is 1.87 bits per heavy atom. The fourth-order valence-electron chi connectivity index (χ4n) is 3.89. The molecule has 0 saturated heterocycles. The summed E-state index contributed by atoms with van der Waals surface area (Å²) in [4.78, 5) is 32.9. The first kappa shape index (κ1) is 20.2. The van der Waals surface area contributed by atoms with E-state index in [0.29, 0.717) is 12.2 Å². The van der Waals surface area contributed by atoms with Gasteiger partial charge < -0.3 is 10.2 Å². The van der Waals surface area contributed by atoms with Crippen LogP contribution in [0.15, 0.2) is 60.1 Å². The van der Waals surface area contributed by atoms with E-state index in [9.17, 15) is 9.59 Å². The molecule has 4 rings (SSSR count). The van der Waals surface area contributed by atoms with Crippen LogP contribution in [0.1, 0.15) is 53.5 Å². The number of aromatic nitrogens is 3. The van der Waals surface area contributed by atoms with Crippen LogP contribution in [0.25, 0.3) is 0 Å². The minimum atomic E-state index is -0.827. The summed E-state index contributed by atoms with van der Waals surface area (Å²) in [6, 6.07) is 14.3. The molecule has 1 fully saturated rings. The molecule has 0 bridgehead atoms. The maximum atomic E-state index is 13.4. The lowest BCUT2D eigenvalue weighted by Crippen LogP contribution is -2.48. The number of rotatable bonds is 7. The van der Waals surface area contributed by atoms with E-state index in [1.807, 2.05) is 36.4 Å². The number of pyridine rings is 1. The van der Waals surface area contributed by atoms with Gasteiger partial charge in [0.15, 0.2) is 11.7 Å². The lowest BCUT2D eigenvalue weighted by atomic mass is 10.0. The third-order valence-electron chi connectivity index (χ3n) is 5.34. The van der Waals surface area contributed by atoms with Crippen LogP contribution >= 0.6 is 11.5 Å². The van der Waals surface area contributed by atoms with E-state index < -0.39 is 6.04 Å². The van der Waals surface area contributed by atoms with Gasteiger partial charge in [-0.25, -0.2) is 0 Å². The molecule has 2 heterocycles. The molecule has 1 saturated carbocycles. The van der Waals surface area contributed by atoms with E-state index in [2.05, 4.69) is 19.9 Å². The largest absolute Gasteiger partial charge is 0.350 e. The summed E-state index contributed by atoms with van der Waals surface area (Å²) in [7, 11) is 0. The van der Waals surface area contributed by atoms with Gasteiger partial charge in [-0.15, -0.1) is 5.10 Å². The fraction of sp³-hybridized carbons (Fsp3) is 0.318. The standard InChI is InChI=1S/C22H23N5O2S/c28-21(24-14-16-8-2-1-3-9-16)20(18-12-6-7-13-23-18)27(17-10-4-5-11-17)22(29)19-15-30-26-25-19/h1-3,6-9,12-13,15,17,20H,4-5,10-11,14H2,(H,24,28)/t20-/m0/s1. The topological polar surface area (TPSA) is 88.1 Å². The van der Waals surface area contributed by atoms with Gasteiger partial charge in [0.2, 0.25) is 5.91 Å². The molecule has 1 aliphatic rings. The zero-order valence-corrected chi connectivity index (χ0v) is 17.3. The second-order valence-electron chi connectivity index (χ2n) is 7.30. The Morgan fingerprint density at radius 3 is 2.53 bits per heavy atom. The zero-order chi connectivity index (χ0) is 20.8. The summed E-state index contributed by atoms with van der Waals surface area (Å²) in [6.45, 7) is 0.383. The Balaban J connectivity index is 1.66. The average Bonchev–Trinajstić information content (AvgIpc) is 3.51. The maximum Gasteiger partial charge on any atom is 0.276 e. The summed E-state index contributed by atoms with van der Waals surface area (Å²) in [5.41, 5.74) is 1.81. The molecule has 3 aromatic rings. The summed E-state index contributed by atoms with van der Waals surface area (Å²) in [6.07, 6.45) is 5.43. The molecule has 1 atom stereocenters. The highest BCUT2D eigenvalue weighted by molar-refractivity contribution is 7.03. The van der Waals surface area contributed by atoms with Crippen LogP contribution in [0.5, 0.6) is 0 Å². The van der Waals surface area contributed by atoms with Gasteiger partial charge in [0.25, 0.3) is 5.91 Å². The van der Waals surface area contributed by atoms with Crippen molar-refractivity contribution in [2.24, 2.45) is 0 Å². The van der Waals surface area contributed by atoms with Crippen LogP contribution < -0.4 is 5.32 Å². The molecule has 1 N–H and O–H groups in total. The lowest BCUT2D eigenvalue weighted by molar-refractivity contribution is -0.127. The quantitative estimate of drug-likeness (QED) is 0.632. The molecular weight excluding hydrogens is 398 g/mol. The van der Waals surface area contributed by atoms with Gasteiger partial charge in [0.05, 0.1) is 5.69 Å². The minimum absolute atomic E-state index is 0.0336. The van der Waals surface area contributed by atoms with Crippen molar-refractivity contribution in [3.8, 4) is 0 Å². The summed E-state index contributed by atoms with van der Waals surface area (Å²) in [5.74, 6) is -0.526. The highest BCUT2D eigenvalue weighted by atomic mass is 32.1. The minimum Gasteiger partial charge on any atom is -0.350 e. The average molecular weight is 422 g/mol. The van der Waals surface area contributed by atoms with Crippen LogP contribution in [0, 0.1) is 0 Å². The number of nitrogens with one attached hydrogen (secondary N) is 1. The molecule has 0 spiro atoms. The molecule has 1 aliphatic carbocycles. The first-order valence-corrected chi connectivity index (χ1v) is 10.9. The van der Waals surface area contributed by atoms with Crippen molar-refractivity contribution in [3.63, 3.8) is 0 Å². The van der Waals surface area contributed by atoms with Gasteiger partial charge in [-0.3, -0.25) is 14.6 Å². The van der Waals surface area contributed by atoms with E-state index in [0.717, 1.165) is 42.8 Å². The lowest BCUT2D eigenvalue weighted by Gasteiger charge is -2.35. The Kier molecular flexibility index (Phi) is 6.44. The van der Waals surface area contributed by atoms with Gasteiger partial charge in [0, 0.05) is 24.2 Å². The van der Waals surface area contributed by atoms with E-state index in [1.54, 1.807) is 28.6 Å². The molecular formula is C22H23N5O2S. The first-order valence-electron chi connectivity index (χ1n) is 10.1. The predicted octanol–water partition coefficient (Wildman–Crippen LogP) is 3.38. The Morgan fingerprint density at radius 1 is 1.10 bits per heavy atom. The molecule has 1 aromatic carbocycles. The van der Waals surface area contributed by atoms with Crippen molar-refractivity contribution in [3.05, 3.63) is 77.1 Å². The van der Waals surface area contributed by atoms with Gasteiger partial charge in [-0.1, -0.05) is 53.7 Å². The number of carbonyl (C=O) groups excluding carboxylic acids is 2. The first-order chi connectivity index (χ1) is 14.7. The molecule has 8 heteroatoms. The highest BCUT2D eigenvalue weighted by Gasteiger charge is 2.39. The van der Waals surface area contributed by atoms with E-state index in [1.165, 1.54) is 0 Å². The molecule has 2 aromatic heterocycles. The number of carbonyl (C=O) groups is 2. The molecule has 0 aliphatic heterocycles. The summed E-state index contributed by atoms with van der Waals surface area (Å²) in [5, 5.41) is 8.58. The van der Waals surface area contributed by atoms with Crippen LogP contribution in [0.3, 0.4) is 0 Å². The Labute approximate surface area is 179 Å². The fourth-order valence-corrected chi connectivity index (χ4v) is 4.32. The number of nitrogens with zero attached hydrogens (tertiary/aromatic N) is 4. The van der Waals surface area contributed by atoms with Crippen molar-refractivity contribution < 1.29 is 9.59 Å². The summed E-state index contributed by atoms with van der Waals surface area (Å²) >= 11 is 1.13. The number of hydrogen-bond acceptors (Lipinski definition) is 6. The molecule has 0 radical (unpaired) electrons. The van der Waals surface area contributed by atoms with Crippen LogP contribution in [-0.4, -0.2) is 37.3 Å². The Bertz CT molecular complexity index is 960. The van der Waals surface area contributed by atoms with Gasteiger partial charge >= 0.3 is 0 Å². The highest BCUT2D eigenvalue weighted by Crippen LogP contribution is 2.32. The molecule has 7 nitrogen and oxygen atoms in total. The molecule has 0 unspecified atom stereocenters. The second-order valence-corrected chi connectivity index (χ2v) is 7.91. The number of amides is 2. The van der Waals surface area contributed by atoms with Gasteiger partial charge in [-0.05, 0) is 42.1 Å². The smallest absolute Gasteiger partial charge is 0.276 e. The monoisotopic (exact) mass is 421 g/mol.